The molecule has 1 aliphatic heterocycles. The van der Waals surface area contributed by atoms with Gasteiger partial charge in [0.2, 0.25) is 11.7 Å². The van der Waals surface area contributed by atoms with Gasteiger partial charge in [-0.15, -0.1) is 0 Å². The predicted octanol–water partition coefficient (Wildman–Crippen LogP) is 5.49. The van der Waals surface area contributed by atoms with Crippen molar-refractivity contribution in [3.63, 3.8) is 0 Å². The van der Waals surface area contributed by atoms with Crippen LogP contribution >= 0.6 is 0 Å². The minimum Gasteiger partial charge on any atom is -0.486 e. The molecule has 2 aromatic heterocycles. The number of fused-ring (bicyclic) bond motifs is 1. The molecular weight excluding hydrogens is 450 g/mol. The van der Waals surface area contributed by atoms with E-state index in [1.807, 2.05) is 39.8 Å². The Morgan fingerprint density at radius 1 is 1.17 bits per heavy atom. The third kappa shape index (κ3) is 4.39. The zero-order chi connectivity index (χ0) is 24.4. The molecule has 2 aromatic carbocycles. The highest BCUT2D eigenvalue weighted by atomic mass is 19.2. The molecule has 0 unspecified atom stereocenters. The van der Waals surface area contributed by atoms with Gasteiger partial charge in [0, 0.05) is 24.5 Å². The Kier molecular flexibility index (Phi) is 6.27. The first-order chi connectivity index (χ1) is 17.1. The van der Waals surface area contributed by atoms with E-state index in [0.717, 1.165) is 53.5 Å². The van der Waals surface area contributed by atoms with Crippen LogP contribution in [0, 0.1) is 11.6 Å². The quantitative estimate of drug-likeness (QED) is 0.347. The predicted molar refractivity (Wildman–Crippen MR) is 128 cm³/mol. The third-order valence-corrected chi connectivity index (χ3v) is 6.27. The molecule has 178 valence electrons. The van der Waals surface area contributed by atoms with Gasteiger partial charge in [-0.05, 0) is 43.0 Å². The van der Waals surface area contributed by atoms with Gasteiger partial charge in [0.15, 0.2) is 11.6 Å². The van der Waals surface area contributed by atoms with Gasteiger partial charge in [-0.3, -0.25) is 14.2 Å². The van der Waals surface area contributed by atoms with Crippen LogP contribution in [0.1, 0.15) is 36.7 Å². The summed E-state index contributed by atoms with van der Waals surface area (Å²) < 4.78 is 34.7. The van der Waals surface area contributed by atoms with E-state index in [-0.39, 0.29) is 24.3 Å². The number of aromatic nitrogens is 3. The van der Waals surface area contributed by atoms with Gasteiger partial charge in [0.05, 0.1) is 23.4 Å². The van der Waals surface area contributed by atoms with Gasteiger partial charge in [-0.25, -0.2) is 9.37 Å². The standard InChI is InChI=1S/C27H24F2N4O2/c1-2-24(34)32-14-4-3-7-21(32)27-31-26(22-16-30-13-15-33(22)27)19-11-9-18(10-12-19)17-35-23-8-5-6-20(28)25(23)29/h2,5-6,8-13,15-16,21H,1,3-4,7,14,17H2/t21-/m0/s1. The highest BCUT2D eigenvalue weighted by Crippen LogP contribution is 2.34. The average Bonchev–Trinajstić information content (AvgIpc) is 3.29. The number of hydrogen-bond donors (Lipinski definition) is 0. The zero-order valence-electron chi connectivity index (χ0n) is 19.0. The Balaban J connectivity index is 1.44. The minimum absolute atomic E-state index is 0.0953. The van der Waals surface area contributed by atoms with E-state index in [4.69, 9.17) is 9.72 Å². The lowest BCUT2D eigenvalue weighted by atomic mass is 10.0. The molecule has 0 saturated carbocycles. The Bertz CT molecular complexity index is 1380. The lowest BCUT2D eigenvalue weighted by Crippen LogP contribution is -2.38. The molecule has 0 radical (unpaired) electrons. The van der Waals surface area contributed by atoms with E-state index in [0.29, 0.717) is 6.54 Å². The summed E-state index contributed by atoms with van der Waals surface area (Å²) >= 11 is 0. The topological polar surface area (TPSA) is 59.7 Å². The van der Waals surface area contributed by atoms with Crippen LogP contribution < -0.4 is 4.74 Å². The molecule has 0 aliphatic carbocycles. The molecule has 1 atom stereocenters. The maximum atomic E-state index is 13.8. The molecule has 4 aromatic rings. The number of ether oxygens (including phenoxy) is 1. The molecule has 5 rings (SSSR count). The lowest BCUT2D eigenvalue weighted by Gasteiger charge is -2.34. The second-order valence-corrected chi connectivity index (χ2v) is 8.44. The molecule has 6 nitrogen and oxygen atoms in total. The highest BCUT2D eigenvalue weighted by Gasteiger charge is 2.30. The summed E-state index contributed by atoms with van der Waals surface area (Å²) in [5.41, 5.74) is 3.27. The van der Waals surface area contributed by atoms with Crippen molar-refractivity contribution in [2.75, 3.05) is 6.54 Å². The van der Waals surface area contributed by atoms with Crippen molar-refractivity contribution in [1.29, 1.82) is 0 Å². The normalized spacial score (nSPS) is 15.8. The van der Waals surface area contributed by atoms with Crippen LogP contribution in [0.4, 0.5) is 8.78 Å². The molecule has 8 heteroatoms. The van der Waals surface area contributed by atoms with Gasteiger partial charge >= 0.3 is 0 Å². The van der Waals surface area contributed by atoms with Crippen molar-refractivity contribution in [3.05, 3.63) is 96.7 Å². The summed E-state index contributed by atoms with van der Waals surface area (Å²) in [6.07, 6.45) is 9.48. The zero-order valence-corrected chi connectivity index (χ0v) is 19.0. The van der Waals surface area contributed by atoms with Crippen LogP contribution in [0.25, 0.3) is 16.8 Å². The molecule has 35 heavy (non-hydrogen) atoms. The summed E-state index contributed by atoms with van der Waals surface area (Å²) in [5.74, 6) is -1.38. The fraction of sp³-hybridized carbons (Fsp3) is 0.222. The number of imidazole rings is 1. The summed E-state index contributed by atoms with van der Waals surface area (Å²) in [5, 5.41) is 0. The van der Waals surface area contributed by atoms with Gasteiger partial charge in [0.1, 0.15) is 12.4 Å². The molecule has 0 bridgehead atoms. The minimum atomic E-state index is -1.000. The lowest BCUT2D eigenvalue weighted by molar-refractivity contribution is -0.129. The molecule has 1 fully saturated rings. The smallest absolute Gasteiger partial charge is 0.246 e. The average molecular weight is 475 g/mol. The van der Waals surface area contributed by atoms with Crippen molar-refractivity contribution in [2.45, 2.75) is 31.9 Å². The number of hydrogen-bond acceptors (Lipinski definition) is 4. The van der Waals surface area contributed by atoms with Gasteiger partial charge in [-0.2, -0.15) is 4.39 Å². The van der Waals surface area contributed by atoms with Crippen LogP contribution in [0.5, 0.6) is 5.75 Å². The van der Waals surface area contributed by atoms with Crippen molar-refractivity contribution in [1.82, 2.24) is 19.3 Å². The first-order valence-corrected chi connectivity index (χ1v) is 11.5. The molecule has 1 aliphatic rings. The Morgan fingerprint density at radius 3 is 2.80 bits per heavy atom. The number of halogens is 2. The fourth-order valence-corrected chi connectivity index (χ4v) is 4.51. The van der Waals surface area contributed by atoms with Crippen molar-refractivity contribution < 1.29 is 18.3 Å². The van der Waals surface area contributed by atoms with Crippen molar-refractivity contribution in [3.8, 4) is 17.0 Å². The first-order valence-electron chi connectivity index (χ1n) is 11.5. The van der Waals surface area contributed by atoms with Gasteiger partial charge < -0.3 is 9.64 Å². The van der Waals surface area contributed by atoms with E-state index in [1.54, 1.807) is 12.4 Å². The Labute approximate surface area is 201 Å². The number of carbonyl (C=O) groups excluding carboxylic acids is 1. The molecule has 1 saturated heterocycles. The van der Waals surface area contributed by atoms with Gasteiger partial charge in [0.25, 0.3) is 0 Å². The summed E-state index contributed by atoms with van der Waals surface area (Å²) in [6.45, 7) is 4.42. The molecule has 3 heterocycles. The summed E-state index contributed by atoms with van der Waals surface area (Å²) in [7, 11) is 0. The summed E-state index contributed by atoms with van der Waals surface area (Å²) in [6, 6.07) is 11.2. The first kappa shape index (κ1) is 22.7. The summed E-state index contributed by atoms with van der Waals surface area (Å²) in [4.78, 5) is 23.6. The van der Waals surface area contributed by atoms with Crippen LogP contribution in [-0.2, 0) is 11.4 Å². The maximum absolute atomic E-state index is 13.8. The highest BCUT2D eigenvalue weighted by molar-refractivity contribution is 5.87. The maximum Gasteiger partial charge on any atom is 0.246 e. The second kappa shape index (κ2) is 9.66. The number of likely N-dealkylation sites (tertiary alicyclic amines) is 1. The van der Waals surface area contributed by atoms with E-state index >= 15 is 0 Å². The number of rotatable bonds is 6. The number of carbonyl (C=O) groups is 1. The van der Waals surface area contributed by atoms with E-state index in [2.05, 4.69) is 11.6 Å². The second-order valence-electron chi connectivity index (χ2n) is 8.44. The van der Waals surface area contributed by atoms with Crippen molar-refractivity contribution >= 4 is 11.4 Å². The number of piperidine rings is 1. The van der Waals surface area contributed by atoms with Crippen LogP contribution in [-0.4, -0.2) is 31.7 Å². The van der Waals surface area contributed by atoms with E-state index in [9.17, 15) is 13.6 Å². The van der Waals surface area contributed by atoms with Crippen LogP contribution in [0.15, 0.2) is 73.7 Å². The largest absolute Gasteiger partial charge is 0.486 e. The number of amides is 1. The van der Waals surface area contributed by atoms with Crippen LogP contribution in [0.3, 0.4) is 0 Å². The molecular formula is C27H24F2N4O2. The number of nitrogens with zero attached hydrogens (tertiary/aromatic N) is 4. The number of benzene rings is 2. The third-order valence-electron chi connectivity index (χ3n) is 6.27. The molecule has 0 N–H and O–H groups in total. The molecule has 0 spiro atoms. The Morgan fingerprint density at radius 2 is 2.00 bits per heavy atom. The van der Waals surface area contributed by atoms with E-state index < -0.39 is 11.6 Å². The molecule has 1 amide bonds. The van der Waals surface area contributed by atoms with Crippen molar-refractivity contribution in [2.24, 2.45) is 0 Å². The van der Waals surface area contributed by atoms with Gasteiger partial charge in [-0.1, -0.05) is 36.9 Å². The monoisotopic (exact) mass is 474 g/mol. The fourth-order valence-electron chi connectivity index (χ4n) is 4.51. The van der Waals surface area contributed by atoms with Crippen LogP contribution in [0.2, 0.25) is 0 Å². The van der Waals surface area contributed by atoms with E-state index in [1.165, 1.54) is 18.2 Å². The Hall–Kier alpha value is -4.07. The SMILES string of the molecule is C=CC(=O)N1CCCC[C@H]1c1nc(-c2ccc(COc3cccc(F)c3F)cc2)c2cnccn12.